The molecule has 2 rings (SSSR count). The van der Waals surface area contributed by atoms with E-state index in [1.54, 1.807) is 0 Å². The van der Waals surface area contributed by atoms with Gasteiger partial charge in [-0.1, -0.05) is 19.1 Å². The molecule has 2 atom stereocenters. The van der Waals surface area contributed by atoms with E-state index >= 15 is 0 Å². The molecule has 1 amide bonds. The number of rotatable bonds is 2. The maximum Gasteiger partial charge on any atom is 0.252 e. The molecule has 17 heavy (non-hydrogen) atoms. The molecule has 1 fully saturated rings. The highest BCUT2D eigenvalue weighted by Crippen LogP contribution is 2.25. The SMILES string of the molecule is Cc1cccc(C(=O)NC2CCC(C)C2)c1I. The van der Waals surface area contributed by atoms with Crippen LogP contribution in [0.5, 0.6) is 0 Å². The van der Waals surface area contributed by atoms with E-state index in [2.05, 4.69) is 34.8 Å². The first-order valence-electron chi connectivity index (χ1n) is 6.14. The van der Waals surface area contributed by atoms with E-state index in [-0.39, 0.29) is 5.91 Å². The zero-order valence-electron chi connectivity index (χ0n) is 10.3. The average Bonchev–Trinajstić information content (AvgIpc) is 2.68. The van der Waals surface area contributed by atoms with Gasteiger partial charge in [0.25, 0.3) is 5.91 Å². The van der Waals surface area contributed by atoms with Crippen molar-refractivity contribution in [1.82, 2.24) is 5.32 Å². The summed E-state index contributed by atoms with van der Waals surface area (Å²) >= 11 is 2.25. The summed E-state index contributed by atoms with van der Waals surface area (Å²) in [6, 6.07) is 6.26. The van der Waals surface area contributed by atoms with Crippen molar-refractivity contribution in [1.29, 1.82) is 0 Å². The van der Waals surface area contributed by atoms with Crippen LogP contribution in [0.15, 0.2) is 18.2 Å². The lowest BCUT2D eigenvalue weighted by Crippen LogP contribution is -2.33. The molecule has 0 aromatic heterocycles. The molecule has 1 aromatic carbocycles. The lowest BCUT2D eigenvalue weighted by Gasteiger charge is -2.14. The van der Waals surface area contributed by atoms with Crippen molar-refractivity contribution in [2.24, 2.45) is 5.92 Å². The minimum absolute atomic E-state index is 0.0807. The molecular weight excluding hydrogens is 325 g/mol. The quantitative estimate of drug-likeness (QED) is 0.818. The van der Waals surface area contributed by atoms with Crippen LogP contribution in [0.1, 0.15) is 42.1 Å². The van der Waals surface area contributed by atoms with Gasteiger partial charge in [-0.15, -0.1) is 0 Å². The number of hydrogen-bond donors (Lipinski definition) is 1. The molecule has 1 aromatic rings. The zero-order chi connectivity index (χ0) is 12.4. The molecule has 92 valence electrons. The number of nitrogens with one attached hydrogen (secondary N) is 1. The van der Waals surface area contributed by atoms with Gasteiger partial charge in [-0.25, -0.2) is 0 Å². The summed E-state index contributed by atoms with van der Waals surface area (Å²) < 4.78 is 1.06. The Morgan fingerprint density at radius 1 is 1.41 bits per heavy atom. The van der Waals surface area contributed by atoms with Gasteiger partial charge in [-0.3, -0.25) is 4.79 Å². The smallest absolute Gasteiger partial charge is 0.252 e. The summed E-state index contributed by atoms with van der Waals surface area (Å²) in [5.41, 5.74) is 1.98. The summed E-state index contributed by atoms with van der Waals surface area (Å²) in [6.07, 6.45) is 3.47. The number of hydrogen-bond acceptors (Lipinski definition) is 1. The Labute approximate surface area is 116 Å². The Kier molecular flexibility index (Phi) is 4.07. The summed E-state index contributed by atoms with van der Waals surface area (Å²) in [6.45, 7) is 4.29. The second-order valence-electron chi connectivity index (χ2n) is 5.03. The molecule has 2 nitrogen and oxygen atoms in total. The third kappa shape index (κ3) is 3.00. The summed E-state index contributed by atoms with van der Waals surface area (Å²) in [5, 5.41) is 3.15. The Morgan fingerprint density at radius 2 is 2.18 bits per heavy atom. The van der Waals surface area contributed by atoms with Crippen molar-refractivity contribution in [3.63, 3.8) is 0 Å². The number of carbonyl (C=O) groups excluding carboxylic acids is 1. The van der Waals surface area contributed by atoms with Crippen LogP contribution in [-0.2, 0) is 0 Å². The van der Waals surface area contributed by atoms with E-state index in [0.717, 1.165) is 33.5 Å². The molecule has 0 heterocycles. The number of benzene rings is 1. The lowest BCUT2D eigenvalue weighted by atomic mass is 10.1. The van der Waals surface area contributed by atoms with E-state index in [1.165, 1.54) is 6.42 Å². The second kappa shape index (κ2) is 5.38. The van der Waals surface area contributed by atoms with E-state index < -0.39 is 0 Å². The monoisotopic (exact) mass is 343 g/mol. The van der Waals surface area contributed by atoms with E-state index in [4.69, 9.17) is 0 Å². The van der Waals surface area contributed by atoms with Crippen LogP contribution in [0.4, 0.5) is 0 Å². The standard InChI is InChI=1S/C14H18INO/c1-9-6-7-11(8-9)16-14(17)12-5-3-4-10(2)13(12)15/h3-5,9,11H,6-8H2,1-2H3,(H,16,17). The minimum atomic E-state index is 0.0807. The number of amides is 1. The normalized spacial score (nSPS) is 23.7. The van der Waals surface area contributed by atoms with Gasteiger partial charge in [0.15, 0.2) is 0 Å². The Morgan fingerprint density at radius 3 is 2.82 bits per heavy atom. The Hall–Kier alpha value is -0.580. The summed E-state index contributed by atoms with van der Waals surface area (Å²) in [5.74, 6) is 0.828. The van der Waals surface area contributed by atoms with Crippen molar-refractivity contribution in [3.8, 4) is 0 Å². The van der Waals surface area contributed by atoms with E-state index in [1.807, 2.05) is 25.1 Å². The van der Waals surface area contributed by atoms with Crippen LogP contribution in [0, 0.1) is 16.4 Å². The maximum absolute atomic E-state index is 12.2. The molecule has 0 saturated heterocycles. The molecule has 0 radical (unpaired) electrons. The van der Waals surface area contributed by atoms with E-state index in [0.29, 0.717) is 6.04 Å². The molecule has 1 aliphatic rings. The van der Waals surface area contributed by atoms with E-state index in [9.17, 15) is 4.79 Å². The first kappa shape index (κ1) is 12.9. The largest absolute Gasteiger partial charge is 0.349 e. The van der Waals surface area contributed by atoms with Gasteiger partial charge in [0, 0.05) is 9.61 Å². The lowest BCUT2D eigenvalue weighted by molar-refractivity contribution is 0.0936. The fraction of sp³-hybridized carbons (Fsp3) is 0.500. The Bertz CT molecular complexity index is 430. The molecule has 3 heteroatoms. The van der Waals surface area contributed by atoms with Crippen LogP contribution in [0.25, 0.3) is 0 Å². The highest BCUT2D eigenvalue weighted by molar-refractivity contribution is 14.1. The van der Waals surface area contributed by atoms with Gasteiger partial charge >= 0.3 is 0 Å². The molecule has 2 unspecified atom stereocenters. The van der Waals surface area contributed by atoms with Crippen molar-refractivity contribution in [2.75, 3.05) is 0 Å². The molecule has 0 aliphatic heterocycles. The minimum Gasteiger partial charge on any atom is -0.349 e. The number of carbonyl (C=O) groups is 1. The summed E-state index contributed by atoms with van der Waals surface area (Å²) in [7, 11) is 0. The highest BCUT2D eigenvalue weighted by atomic mass is 127. The van der Waals surface area contributed by atoms with Crippen LogP contribution in [-0.4, -0.2) is 11.9 Å². The zero-order valence-corrected chi connectivity index (χ0v) is 12.5. The molecule has 1 aliphatic carbocycles. The summed E-state index contributed by atoms with van der Waals surface area (Å²) in [4.78, 5) is 12.2. The van der Waals surface area contributed by atoms with Crippen LogP contribution < -0.4 is 5.32 Å². The molecule has 1 N–H and O–H groups in total. The van der Waals surface area contributed by atoms with Gasteiger partial charge in [-0.2, -0.15) is 0 Å². The van der Waals surface area contributed by atoms with Gasteiger partial charge in [0.05, 0.1) is 5.56 Å². The Balaban J connectivity index is 2.07. The number of aryl methyl sites for hydroxylation is 1. The van der Waals surface area contributed by atoms with Gasteiger partial charge in [0.1, 0.15) is 0 Å². The maximum atomic E-state index is 12.2. The molecule has 0 spiro atoms. The third-order valence-electron chi connectivity index (χ3n) is 3.47. The molecule has 0 bridgehead atoms. The first-order chi connectivity index (χ1) is 8.08. The topological polar surface area (TPSA) is 29.1 Å². The van der Waals surface area contributed by atoms with Crippen molar-refractivity contribution in [3.05, 3.63) is 32.9 Å². The second-order valence-corrected chi connectivity index (χ2v) is 6.10. The van der Waals surface area contributed by atoms with Gasteiger partial charge < -0.3 is 5.32 Å². The fourth-order valence-electron chi connectivity index (χ4n) is 2.42. The van der Waals surface area contributed by atoms with Crippen LogP contribution >= 0.6 is 22.6 Å². The fourth-order valence-corrected chi connectivity index (χ4v) is 3.03. The number of halogens is 1. The molecule has 1 saturated carbocycles. The van der Waals surface area contributed by atoms with Crippen molar-refractivity contribution in [2.45, 2.75) is 39.2 Å². The predicted molar refractivity (Wildman–Crippen MR) is 78.2 cm³/mol. The van der Waals surface area contributed by atoms with Crippen LogP contribution in [0.3, 0.4) is 0 Å². The third-order valence-corrected chi connectivity index (χ3v) is 4.90. The van der Waals surface area contributed by atoms with Gasteiger partial charge in [0.2, 0.25) is 0 Å². The first-order valence-corrected chi connectivity index (χ1v) is 7.21. The average molecular weight is 343 g/mol. The van der Waals surface area contributed by atoms with Crippen molar-refractivity contribution >= 4 is 28.5 Å². The van der Waals surface area contributed by atoms with Crippen LogP contribution in [0.2, 0.25) is 0 Å². The van der Waals surface area contributed by atoms with Gasteiger partial charge in [-0.05, 0) is 66.3 Å². The molecular formula is C14H18INO. The predicted octanol–water partition coefficient (Wildman–Crippen LogP) is 3.52. The van der Waals surface area contributed by atoms with Crippen molar-refractivity contribution < 1.29 is 4.79 Å². The highest BCUT2D eigenvalue weighted by Gasteiger charge is 2.23.